The van der Waals surface area contributed by atoms with E-state index in [1.165, 1.54) is 23.9 Å². The Hall–Kier alpha value is -1.33. The summed E-state index contributed by atoms with van der Waals surface area (Å²) in [6.45, 7) is 0.669. The van der Waals surface area contributed by atoms with Gasteiger partial charge in [-0.2, -0.15) is 0 Å². The van der Waals surface area contributed by atoms with Crippen LogP contribution in [0.4, 0.5) is 4.39 Å². The van der Waals surface area contributed by atoms with Gasteiger partial charge in [-0.15, -0.1) is 11.8 Å². The molecule has 0 saturated heterocycles. The fourth-order valence-electron chi connectivity index (χ4n) is 2.02. The second kappa shape index (κ2) is 4.16. The quantitative estimate of drug-likeness (QED) is 0.888. The number of benzene rings is 1. The van der Waals surface area contributed by atoms with E-state index >= 15 is 0 Å². The van der Waals surface area contributed by atoms with Crippen LogP contribution in [0, 0.1) is 5.82 Å². The molecule has 0 spiro atoms. The largest absolute Gasteiger partial charge is 0.387 e. The number of imidazole rings is 1. The molecule has 1 aromatic heterocycles. The van der Waals surface area contributed by atoms with E-state index in [0.717, 1.165) is 10.5 Å². The number of hydrogen-bond donors (Lipinski definition) is 1. The van der Waals surface area contributed by atoms with Crippen molar-refractivity contribution < 1.29 is 9.50 Å². The molecule has 2 heterocycles. The van der Waals surface area contributed by atoms with Crippen molar-refractivity contribution in [3.63, 3.8) is 0 Å². The van der Waals surface area contributed by atoms with Crippen molar-refractivity contribution in [2.24, 2.45) is 0 Å². The average Bonchev–Trinajstić information content (AvgIpc) is 2.89. The molecule has 2 aromatic rings. The lowest BCUT2D eigenvalue weighted by molar-refractivity contribution is 0.170. The third-order valence-electron chi connectivity index (χ3n) is 2.87. The van der Waals surface area contributed by atoms with E-state index in [1.54, 1.807) is 18.6 Å². The molecule has 1 aliphatic heterocycles. The lowest BCUT2D eigenvalue weighted by Gasteiger charge is -2.14. The molecule has 1 aromatic carbocycles. The van der Waals surface area contributed by atoms with E-state index in [9.17, 15) is 9.50 Å². The summed E-state index contributed by atoms with van der Waals surface area (Å²) in [7, 11) is 0. The van der Waals surface area contributed by atoms with Gasteiger partial charge in [-0.1, -0.05) is 6.07 Å². The van der Waals surface area contributed by atoms with Gasteiger partial charge in [0.25, 0.3) is 0 Å². The first kappa shape index (κ1) is 10.8. The van der Waals surface area contributed by atoms with Gasteiger partial charge >= 0.3 is 0 Å². The minimum absolute atomic E-state index is 0.0148. The van der Waals surface area contributed by atoms with Gasteiger partial charge in [-0.05, 0) is 17.7 Å². The first-order valence-electron chi connectivity index (χ1n) is 5.34. The first-order chi connectivity index (χ1) is 8.24. The summed E-state index contributed by atoms with van der Waals surface area (Å²) < 4.78 is 15.0. The van der Waals surface area contributed by atoms with Crippen molar-refractivity contribution in [1.82, 2.24) is 9.55 Å². The first-order valence-corrected chi connectivity index (χ1v) is 6.22. The highest BCUT2D eigenvalue weighted by Gasteiger charge is 2.32. The molecule has 0 fully saturated rings. The molecule has 0 amide bonds. The predicted octanol–water partition coefficient (Wildman–Crippen LogP) is 2.23. The van der Waals surface area contributed by atoms with Crippen molar-refractivity contribution in [2.75, 3.05) is 0 Å². The van der Waals surface area contributed by atoms with Crippen LogP contribution < -0.4 is 0 Å². The van der Waals surface area contributed by atoms with Crippen LogP contribution in [0.3, 0.4) is 0 Å². The lowest BCUT2D eigenvalue weighted by Crippen LogP contribution is -2.16. The lowest BCUT2D eigenvalue weighted by atomic mass is 10.1. The Kier molecular flexibility index (Phi) is 2.64. The number of fused-ring (bicyclic) bond motifs is 1. The van der Waals surface area contributed by atoms with Gasteiger partial charge in [0, 0.05) is 23.8 Å². The molecule has 17 heavy (non-hydrogen) atoms. The van der Waals surface area contributed by atoms with Crippen LogP contribution in [0.2, 0.25) is 0 Å². The second-order valence-corrected chi connectivity index (χ2v) is 5.32. The summed E-state index contributed by atoms with van der Waals surface area (Å²) in [6.07, 6.45) is 4.74. The molecule has 0 radical (unpaired) electrons. The molecule has 0 bridgehead atoms. The smallest absolute Gasteiger partial charge is 0.124 e. The summed E-state index contributed by atoms with van der Waals surface area (Å²) in [5, 5.41) is 10.2. The average molecular weight is 250 g/mol. The van der Waals surface area contributed by atoms with Crippen molar-refractivity contribution in [1.29, 1.82) is 0 Å². The summed E-state index contributed by atoms with van der Waals surface area (Å²) in [6, 6.07) is 4.54. The molecule has 0 aliphatic carbocycles. The van der Waals surface area contributed by atoms with Crippen molar-refractivity contribution in [3.8, 4) is 0 Å². The van der Waals surface area contributed by atoms with Crippen LogP contribution in [-0.4, -0.2) is 19.9 Å². The van der Waals surface area contributed by atoms with Gasteiger partial charge in [0.05, 0.1) is 17.7 Å². The van der Waals surface area contributed by atoms with Gasteiger partial charge in [0.2, 0.25) is 0 Å². The molecule has 88 valence electrons. The van der Waals surface area contributed by atoms with Gasteiger partial charge in [0.1, 0.15) is 5.82 Å². The molecule has 5 heteroatoms. The highest BCUT2D eigenvalue weighted by atomic mass is 32.2. The third-order valence-corrected chi connectivity index (χ3v) is 4.19. The van der Waals surface area contributed by atoms with Crippen LogP contribution in [0.25, 0.3) is 0 Å². The fourth-order valence-corrected chi connectivity index (χ4v) is 3.38. The molecule has 3 nitrogen and oxygen atoms in total. The molecular weight excluding hydrogens is 239 g/mol. The van der Waals surface area contributed by atoms with Crippen LogP contribution in [0.1, 0.15) is 11.7 Å². The van der Waals surface area contributed by atoms with E-state index in [2.05, 4.69) is 4.98 Å². The van der Waals surface area contributed by atoms with Crippen LogP contribution in [0.5, 0.6) is 0 Å². The maximum atomic E-state index is 13.1. The van der Waals surface area contributed by atoms with E-state index in [-0.39, 0.29) is 11.1 Å². The predicted molar refractivity (Wildman–Crippen MR) is 63.2 cm³/mol. The summed E-state index contributed by atoms with van der Waals surface area (Å²) in [4.78, 5) is 4.80. The molecule has 2 atom stereocenters. The summed E-state index contributed by atoms with van der Waals surface area (Å²) in [5.74, 6) is -0.258. The number of halogens is 1. The molecule has 3 rings (SSSR count). The van der Waals surface area contributed by atoms with E-state index in [1.807, 2.05) is 10.8 Å². The van der Waals surface area contributed by atoms with Gasteiger partial charge < -0.3 is 9.67 Å². The van der Waals surface area contributed by atoms with E-state index in [4.69, 9.17) is 0 Å². The molecule has 1 aliphatic rings. The van der Waals surface area contributed by atoms with Crippen LogP contribution in [0.15, 0.2) is 41.8 Å². The highest BCUT2D eigenvalue weighted by Crippen LogP contribution is 2.44. The number of aliphatic hydroxyl groups is 1. The zero-order valence-corrected chi connectivity index (χ0v) is 9.77. The Balaban J connectivity index is 1.83. The minimum Gasteiger partial charge on any atom is -0.387 e. The zero-order valence-electron chi connectivity index (χ0n) is 8.95. The molecule has 0 saturated carbocycles. The standard InChI is InChI=1S/C12H11FN2OS/c13-8-1-2-9-10(5-8)17-11(12(9)16)6-15-4-3-14-7-15/h1-5,7,11-12,16H,6H2/t11-,12-/m0/s1. The number of hydrogen-bond acceptors (Lipinski definition) is 3. The zero-order chi connectivity index (χ0) is 11.8. The summed E-state index contributed by atoms with van der Waals surface area (Å²) in [5.41, 5.74) is 0.821. The Labute approximate surface area is 102 Å². The highest BCUT2D eigenvalue weighted by molar-refractivity contribution is 8.00. The maximum Gasteiger partial charge on any atom is 0.124 e. The Bertz CT molecular complexity index is 529. The van der Waals surface area contributed by atoms with Gasteiger partial charge in [-0.25, -0.2) is 9.37 Å². The Morgan fingerprint density at radius 3 is 3.12 bits per heavy atom. The van der Waals surface area contributed by atoms with E-state index in [0.29, 0.717) is 6.54 Å². The van der Waals surface area contributed by atoms with E-state index < -0.39 is 6.10 Å². The molecule has 1 N–H and O–H groups in total. The van der Waals surface area contributed by atoms with Gasteiger partial charge in [0.15, 0.2) is 0 Å². The van der Waals surface area contributed by atoms with Crippen molar-refractivity contribution in [2.45, 2.75) is 22.8 Å². The minimum atomic E-state index is -0.544. The Morgan fingerprint density at radius 1 is 1.47 bits per heavy atom. The monoisotopic (exact) mass is 250 g/mol. The fraction of sp³-hybridized carbons (Fsp3) is 0.250. The van der Waals surface area contributed by atoms with Crippen molar-refractivity contribution in [3.05, 3.63) is 48.3 Å². The number of aliphatic hydroxyl groups excluding tert-OH is 1. The third kappa shape index (κ3) is 1.96. The topological polar surface area (TPSA) is 38.0 Å². The second-order valence-electron chi connectivity index (χ2n) is 4.04. The number of rotatable bonds is 2. The maximum absolute atomic E-state index is 13.1. The number of aromatic nitrogens is 2. The molecular formula is C12H11FN2OS. The normalized spacial score (nSPS) is 22.7. The number of thioether (sulfide) groups is 1. The SMILES string of the molecule is O[C@H]1c2ccc(F)cc2S[C@H]1Cn1ccnc1. The van der Waals surface area contributed by atoms with Crippen LogP contribution >= 0.6 is 11.8 Å². The number of nitrogens with zero attached hydrogens (tertiary/aromatic N) is 2. The Morgan fingerprint density at radius 2 is 2.35 bits per heavy atom. The summed E-state index contributed by atoms with van der Waals surface area (Å²) >= 11 is 1.52. The van der Waals surface area contributed by atoms with Crippen molar-refractivity contribution >= 4 is 11.8 Å². The van der Waals surface area contributed by atoms with Gasteiger partial charge in [-0.3, -0.25) is 0 Å². The van der Waals surface area contributed by atoms with Crippen LogP contribution in [-0.2, 0) is 6.54 Å². The molecule has 0 unspecified atom stereocenters.